The second kappa shape index (κ2) is 13.4. The standard InChI is InChI=1S/C14H21NO3.C6H8O7/c16-13-5-1-2-6-14(13)18-10-4-3-7-15-8-11-17-12-9-15;7-3(8)1-6(13,5(11)12)2-4(9)10/h1-2,5-6,16H,3-4,7-12H2;13H,1-2H2,(H,7,8)(H,9,10)(H,11,12). The number of aliphatic hydroxyl groups is 1. The van der Waals surface area contributed by atoms with Crippen LogP contribution in [0.25, 0.3) is 0 Å². The van der Waals surface area contributed by atoms with E-state index in [9.17, 15) is 19.5 Å². The molecule has 1 fully saturated rings. The van der Waals surface area contributed by atoms with Crippen molar-refractivity contribution in [3.05, 3.63) is 24.3 Å². The SMILES string of the molecule is O=C(O)CC(O)(CC(=O)O)C(=O)O.Oc1ccccc1OCCCCN1CCOCC1. The summed E-state index contributed by atoms with van der Waals surface area (Å²) in [7, 11) is 0. The summed E-state index contributed by atoms with van der Waals surface area (Å²) in [5, 5.41) is 43.3. The van der Waals surface area contributed by atoms with E-state index in [1.165, 1.54) is 0 Å². The molecule has 1 aliphatic heterocycles. The van der Waals surface area contributed by atoms with Gasteiger partial charge in [-0.3, -0.25) is 14.5 Å². The second-order valence-corrected chi connectivity index (χ2v) is 6.96. The van der Waals surface area contributed by atoms with Gasteiger partial charge in [-0.15, -0.1) is 0 Å². The normalized spacial score (nSPS) is 14.2. The van der Waals surface area contributed by atoms with Crippen LogP contribution in [0.1, 0.15) is 25.7 Å². The third-order valence-corrected chi connectivity index (χ3v) is 4.38. The Kier molecular flexibility index (Phi) is 11.3. The van der Waals surface area contributed by atoms with Crippen LogP contribution in [-0.2, 0) is 19.1 Å². The summed E-state index contributed by atoms with van der Waals surface area (Å²) in [6.07, 6.45) is -0.164. The van der Waals surface area contributed by atoms with Crippen LogP contribution in [0.5, 0.6) is 11.5 Å². The van der Waals surface area contributed by atoms with Crippen molar-refractivity contribution in [3.63, 3.8) is 0 Å². The van der Waals surface area contributed by atoms with Crippen molar-refractivity contribution in [1.29, 1.82) is 0 Å². The Balaban J connectivity index is 0.000000330. The average Bonchev–Trinajstić information content (AvgIpc) is 2.69. The Morgan fingerprint density at radius 3 is 2.10 bits per heavy atom. The molecule has 0 radical (unpaired) electrons. The average molecular weight is 443 g/mol. The summed E-state index contributed by atoms with van der Waals surface area (Å²) in [6.45, 7) is 5.55. The number of hydrogen-bond acceptors (Lipinski definition) is 8. The number of phenolic OH excluding ortho intramolecular Hbond substituents is 1. The summed E-state index contributed by atoms with van der Waals surface area (Å²) >= 11 is 0. The predicted molar refractivity (Wildman–Crippen MR) is 107 cm³/mol. The van der Waals surface area contributed by atoms with Crippen molar-refractivity contribution < 1.29 is 49.4 Å². The third-order valence-electron chi connectivity index (χ3n) is 4.38. The molecule has 5 N–H and O–H groups in total. The molecule has 0 aromatic heterocycles. The third kappa shape index (κ3) is 10.6. The van der Waals surface area contributed by atoms with Gasteiger partial charge in [0.25, 0.3) is 0 Å². The van der Waals surface area contributed by atoms with E-state index in [1.807, 2.05) is 6.07 Å². The van der Waals surface area contributed by atoms with Gasteiger partial charge in [-0.1, -0.05) is 12.1 Å². The smallest absolute Gasteiger partial charge is 0.336 e. The minimum absolute atomic E-state index is 0.214. The van der Waals surface area contributed by atoms with Gasteiger partial charge >= 0.3 is 17.9 Å². The van der Waals surface area contributed by atoms with Gasteiger partial charge in [0.2, 0.25) is 0 Å². The van der Waals surface area contributed by atoms with Gasteiger partial charge in [0.15, 0.2) is 17.1 Å². The molecule has 1 aromatic carbocycles. The molecule has 0 amide bonds. The van der Waals surface area contributed by atoms with Crippen LogP contribution < -0.4 is 4.74 Å². The van der Waals surface area contributed by atoms with Crippen molar-refractivity contribution in [2.45, 2.75) is 31.3 Å². The maximum Gasteiger partial charge on any atom is 0.336 e. The van der Waals surface area contributed by atoms with E-state index in [0.29, 0.717) is 12.4 Å². The first-order valence-corrected chi connectivity index (χ1v) is 9.74. The van der Waals surface area contributed by atoms with Gasteiger partial charge in [-0.25, -0.2) is 4.79 Å². The summed E-state index contributed by atoms with van der Waals surface area (Å²) in [6, 6.07) is 7.09. The zero-order chi connectivity index (χ0) is 23.3. The predicted octanol–water partition coefficient (Wildman–Crippen LogP) is 0.635. The Labute approximate surface area is 179 Å². The lowest BCUT2D eigenvalue weighted by molar-refractivity contribution is -0.170. The second-order valence-electron chi connectivity index (χ2n) is 6.96. The summed E-state index contributed by atoms with van der Waals surface area (Å²) in [5.74, 6) is -4.23. The molecule has 1 heterocycles. The molecule has 0 spiro atoms. The number of carbonyl (C=O) groups is 3. The highest BCUT2D eigenvalue weighted by Crippen LogP contribution is 2.24. The van der Waals surface area contributed by atoms with Crippen LogP contribution in [0.4, 0.5) is 0 Å². The summed E-state index contributed by atoms with van der Waals surface area (Å²) < 4.78 is 10.8. The molecular weight excluding hydrogens is 414 g/mol. The van der Waals surface area contributed by atoms with Gasteiger partial charge in [0.1, 0.15) is 0 Å². The fraction of sp³-hybridized carbons (Fsp3) is 0.550. The van der Waals surface area contributed by atoms with Crippen LogP contribution in [0, 0.1) is 0 Å². The zero-order valence-corrected chi connectivity index (χ0v) is 17.1. The molecule has 1 saturated heterocycles. The molecule has 1 aliphatic rings. The monoisotopic (exact) mass is 443 g/mol. The van der Waals surface area contributed by atoms with Crippen molar-refractivity contribution in [3.8, 4) is 11.5 Å². The maximum atomic E-state index is 10.3. The van der Waals surface area contributed by atoms with Crippen LogP contribution in [-0.4, -0.2) is 93.4 Å². The van der Waals surface area contributed by atoms with E-state index < -0.39 is 36.4 Å². The van der Waals surface area contributed by atoms with E-state index >= 15 is 0 Å². The maximum absolute atomic E-state index is 10.3. The molecule has 0 saturated carbocycles. The van der Waals surface area contributed by atoms with Crippen LogP contribution in [0.2, 0.25) is 0 Å². The van der Waals surface area contributed by atoms with E-state index in [4.69, 9.17) is 29.9 Å². The number of carboxylic acids is 3. The number of para-hydroxylation sites is 2. The van der Waals surface area contributed by atoms with Gasteiger partial charge in [-0.2, -0.15) is 0 Å². The largest absolute Gasteiger partial charge is 0.504 e. The highest BCUT2D eigenvalue weighted by Gasteiger charge is 2.40. The number of aromatic hydroxyl groups is 1. The van der Waals surface area contributed by atoms with E-state index in [0.717, 1.165) is 45.7 Å². The molecule has 11 heteroatoms. The number of unbranched alkanes of at least 4 members (excludes halogenated alkanes) is 1. The number of aliphatic carboxylic acids is 3. The van der Waals surface area contributed by atoms with Gasteiger partial charge < -0.3 is 35.0 Å². The molecule has 174 valence electrons. The molecule has 1 aromatic rings. The number of morpholine rings is 1. The first kappa shape index (κ1) is 26.1. The van der Waals surface area contributed by atoms with Crippen molar-refractivity contribution in [1.82, 2.24) is 4.90 Å². The number of carboxylic acid groups (broad SMARTS) is 3. The molecule has 0 bridgehead atoms. The fourth-order valence-electron chi connectivity index (χ4n) is 2.74. The lowest BCUT2D eigenvalue weighted by atomic mass is 9.96. The van der Waals surface area contributed by atoms with Crippen LogP contribution in [0.15, 0.2) is 24.3 Å². The number of hydrogen-bond donors (Lipinski definition) is 5. The Bertz CT molecular complexity index is 702. The highest BCUT2D eigenvalue weighted by atomic mass is 16.5. The van der Waals surface area contributed by atoms with Crippen molar-refractivity contribution in [2.75, 3.05) is 39.5 Å². The minimum Gasteiger partial charge on any atom is -0.504 e. The van der Waals surface area contributed by atoms with Crippen LogP contribution in [0.3, 0.4) is 0 Å². The first-order chi connectivity index (χ1) is 14.6. The molecule has 11 nitrogen and oxygen atoms in total. The van der Waals surface area contributed by atoms with Crippen molar-refractivity contribution >= 4 is 17.9 Å². The Hall–Kier alpha value is -2.89. The number of ether oxygens (including phenoxy) is 2. The number of rotatable bonds is 11. The summed E-state index contributed by atoms with van der Waals surface area (Å²) in [5.41, 5.74) is -2.74. The van der Waals surface area contributed by atoms with Crippen molar-refractivity contribution in [2.24, 2.45) is 0 Å². The van der Waals surface area contributed by atoms with Gasteiger partial charge in [0, 0.05) is 13.1 Å². The lowest BCUT2D eigenvalue weighted by Gasteiger charge is -2.26. The fourth-order valence-corrected chi connectivity index (χ4v) is 2.74. The number of benzene rings is 1. The first-order valence-electron chi connectivity index (χ1n) is 9.74. The number of nitrogens with zero attached hydrogens (tertiary/aromatic N) is 1. The Morgan fingerprint density at radius 2 is 1.58 bits per heavy atom. The highest BCUT2D eigenvalue weighted by molar-refractivity contribution is 5.88. The molecule has 2 rings (SSSR count). The number of phenols is 1. The molecular formula is C20H29NO10. The van der Waals surface area contributed by atoms with E-state index in [-0.39, 0.29) is 5.75 Å². The molecule has 0 atom stereocenters. The molecule has 31 heavy (non-hydrogen) atoms. The molecule has 0 unspecified atom stereocenters. The zero-order valence-electron chi connectivity index (χ0n) is 17.1. The lowest BCUT2D eigenvalue weighted by Crippen LogP contribution is -2.42. The Morgan fingerprint density at radius 1 is 1.00 bits per heavy atom. The molecule has 0 aliphatic carbocycles. The van der Waals surface area contributed by atoms with E-state index in [1.54, 1.807) is 18.2 Å². The van der Waals surface area contributed by atoms with Crippen LogP contribution >= 0.6 is 0 Å². The summed E-state index contributed by atoms with van der Waals surface area (Å²) in [4.78, 5) is 32.9. The van der Waals surface area contributed by atoms with Gasteiger partial charge in [-0.05, 0) is 31.5 Å². The van der Waals surface area contributed by atoms with Gasteiger partial charge in [0.05, 0.1) is 32.7 Å². The van der Waals surface area contributed by atoms with E-state index in [2.05, 4.69) is 4.90 Å². The quantitative estimate of drug-likeness (QED) is 0.303. The minimum atomic E-state index is -2.74. The topological polar surface area (TPSA) is 174 Å².